The molecule has 0 aromatic heterocycles. The van der Waals surface area contributed by atoms with Gasteiger partial charge in [-0.2, -0.15) is 0 Å². The molecule has 86 valence electrons. The Morgan fingerprint density at radius 3 is 2.07 bits per heavy atom. The van der Waals surface area contributed by atoms with Gasteiger partial charge in [0, 0.05) is 13.3 Å². The molecule has 0 aromatic rings. The Balaban J connectivity index is 3.98. The second-order valence-corrected chi connectivity index (χ2v) is 14.5. The molecule has 14 heavy (non-hydrogen) atoms. The lowest BCUT2D eigenvalue weighted by Crippen LogP contribution is -2.43. The van der Waals surface area contributed by atoms with E-state index in [-0.39, 0.29) is 0 Å². The molecule has 0 aliphatic rings. The summed E-state index contributed by atoms with van der Waals surface area (Å²) in [6, 6.07) is 1.11. The van der Waals surface area contributed by atoms with Crippen LogP contribution in [-0.4, -0.2) is 36.1 Å². The van der Waals surface area contributed by atoms with Crippen LogP contribution in [0.5, 0.6) is 0 Å². The lowest BCUT2D eigenvalue weighted by atomic mass is 10.6. The Bertz CT molecular complexity index is 161. The van der Waals surface area contributed by atoms with Gasteiger partial charge in [0.1, 0.15) is 0 Å². The molecule has 2 nitrogen and oxygen atoms in total. The second kappa shape index (κ2) is 6.38. The molecule has 0 spiro atoms. The quantitative estimate of drug-likeness (QED) is 0.512. The van der Waals surface area contributed by atoms with Crippen molar-refractivity contribution in [2.75, 3.05) is 19.5 Å². The van der Waals surface area contributed by atoms with E-state index in [0.717, 1.165) is 18.4 Å². The van der Waals surface area contributed by atoms with Gasteiger partial charge in [-0.15, -0.1) is 9.24 Å². The summed E-state index contributed by atoms with van der Waals surface area (Å²) in [7, 11) is 1.62. The first-order chi connectivity index (χ1) is 6.33. The van der Waals surface area contributed by atoms with E-state index in [9.17, 15) is 0 Å². The molecule has 5 heteroatoms. The predicted octanol–water partition coefficient (Wildman–Crippen LogP) is 2.86. The maximum atomic E-state index is 6.01. The first-order valence-electron chi connectivity index (χ1n) is 5.22. The van der Waals surface area contributed by atoms with Crippen molar-refractivity contribution in [1.29, 1.82) is 0 Å². The Morgan fingerprint density at radius 1 is 1.14 bits per heavy atom. The summed E-state index contributed by atoms with van der Waals surface area (Å²) in [5, 5.41) is 0. The molecule has 0 heterocycles. The molecule has 0 saturated heterocycles. The molecule has 0 aliphatic heterocycles. The van der Waals surface area contributed by atoms with Gasteiger partial charge in [0.2, 0.25) is 0 Å². The van der Waals surface area contributed by atoms with Gasteiger partial charge >= 0.3 is 8.56 Å². The number of hydrogen-bond donors (Lipinski definition) is 0. The smallest absolute Gasteiger partial charge is 0.334 e. The Kier molecular flexibility index (Phi) is 6.74. The summed E-state index contributed by atoms with van der Waals surface area (Å²) in [5.41, 5.74) is 0. The van der Waals surface area contributed by atoms with E-state index in [1.54, 1.807) is 7.11 Å². The molecule has 0 aliphatic carbocycles. The zero-order valence-corrected chi connectivity index (χ0v) is 13.4. The maximum absolute atomic E-state index is 6.01. The van der Waals surface area contributed by atoms with Crippen LogP contribution in [0.15, 0.2) is 0 Å². The van der Waals surface area contributed by atoms with Crippen LogP contribution in [-0.2, 0) is 8.85 Å². The van der Waals surface area contributed by atoms with Gasteiger partial charge in [-0.3, -0.25) is 0 Å². The summed E-state index contributed by atoms with van der Waals surface area (Å²) >= 11 is 0. The van der Waals surface area contributed by atoms with Gasteiger partial charge in [0.15, 0.2) is 0 Å². The molecule has 0 radical (unpaired) electrons. The topological polar surface area (TPSA) is 18.5 Å². The van der Waals surface area contributed by atoms with Gasteiger partial charge in [-0.1, -0.05) is 19.6 Å². The molecule has 0 N–H and O–H groups in total. The SMILES string of the molecule is CO[Si](C)(CCCP)OC[Si](C)(C)C. The summed E-state index contributed by atoms with van der Waals surface area (Å²) in [6.07, 6.45) is 3.26. The van der Waals surface area contributed by atoms with E-state index in [1.165, 1.54) is 6.42 Å². The van der Waals surface area contributed by atoms with Gasteiger partial charge in [0.05, 0.1) is 8.07 Å². The molecule has 0 aromatic carbocycles. The average Bonchev–Trinajstić information content (AvgIpc) is 2.10. The zero-order valence-electron chi connectivity index (χ0n) is 10.2. The van der Waals surface area contributed by atoms with E-state index in [4.69, 9.17) is 8.85 Å². The van der Waals surface area contributed by atoms with Crippen molar-refractivity contribution in [2.45, 2.75) is 38.7 Å². The van der Waals surface area contributed by atoms with E-state index >= 15 is 0 Å². The van der Waals surface area contributed by atoms with Crippen molar-refractivity contribution in [3.63, 3.8) is 0 Å². The van der Waals surface area contributed by atoms with E-state index in [0.29, 0.717) is 0 Å². The maximum Gasteiger partial charge on any atom is 0.334 e. The van der Waals surface area contributed by atoms with Crippen molar-refractivity contribution < 1.29 is 8.85 Å². The third-order valence-corrected chi connectivity index (χ3v) is 6.66. The minimum Gasteiger partial charge on any atom is -0.398 e. The zero-order chi connectivity index (χ0) is 11.2. The molecule has 2 atom stereocenters. The normalized spacial score (nSPS) is 16.7. The van der Waals surface area contributed by atoms with Crippen LogP contribution in [0.1, 0.15) is 6.42 Å². The highest BCUT2D eigenvalue weighted by Crippen LogP contribution is 2.17. The lowest BCUT2D eigenvalue weighted by Gasteiger charge is -2.28. The summed E-state index contributed by atoms with van der Waals surface area (Å²) in [6.45, 7) is 9.15. The summed E-state index contributed by atoms with van der Waals surface area (Å²) < 4.78 is 11.6. The fourth-order valence-electron chi connectivity index (χ4n) is 1.03. The summed E-state index contributed by atoms with van der Waals surface area (Å²) in [5.74, 6) is 0. The fraction of sp³-hybridized carbons (Fsp3) is 1.00. The van der Waals surface area contributed by atoms with Crippen LogP contribution in [0.2, 0.25) is 32.2 Å². The van der Waals surface area contributed by atoms with E-state index < -0.39 is 16.6 Å². The lowest BCUT2D eigenvalue weighted by molar-refractivity contribution is 0.233. The molecule has 0 fully saturated rings. The highest BCUT2D eigenvalue weighted by molar-refractivity contribution is 7.16. The van der Waals surface area contributed by atoms with Crippen LogP contribution in [0.4, 0.5) is 0 Å². The van der Waals surface area contributed by atoms with E-state index in [2.05, 4.69) is 35.4 Å². The summed E-state index contributed by atoms with van der Waals surface area (Å²) in [4.78, 5) is 0. The minimum absolute atomic E-state index is 0.931. The Morgan fingerprint density at radius 2 is 1.71 bits per heavy atom. The third kappa shape index (κ3) is 7.13. The van der Waals surface area contributed by atoms with Gasteiger partial charge < -0.3 is 8.85 Å². The van der Waals surface area contributed by atoms with Gasteiger partial charge in [-0.05, 0) is 25.2 Å². The van der Waals surface area contributed by atoms with Crippen LogP contribution in [0, 0.1) is 0 Å². The van der Waals surface area contributed by atoms with Crippen LogP contribution in [0.25, 0.3) is 0 Å². The molecule has 0 bridgehead atoms. The number of hydrogen-bond acceptors (Lipinski definition) is 2. The van der Waals surface area contributed by atoms with Crippen LogP contribution < -0.4 is 0 Å². The van der Waals surface area contributed by atoms with Crippen LogP contribution >= 0.6 is 9.24 Å². The van der Waals surface area contributed by atoms with Crippen molar-refractivity contribution >= 4 is 25.9 Å². The Hall–Kier alpha value is 0.784. The average molecular weight is 252 g/mol. The largest absolute Gasteiger partial charge is 0.398 e. The standard InChI is InChI=1S/C9H25O2PSi2/c1-10-14(5,8-6-7-12)11-9-13(2,3)4/h6-9,12H2,1-5H3. The second-order valence-electron chi connectivity index (χ2n) is 5.08. The number of rotatable bonds is 7. The van der Waals surface area contributed by atoms with Crippen molar-refractivity contribution in [3.05, 3.63) is 0 Å². The van der Waals surface area contributed by atoms with Gasteiger partial charge in [-0.25, -0.2) is 0 Å². The monoisotopic (exact) mass is 252 g/mol. The third-order valence-electron chi connectivity index (χ3n) is 2.08. The molecular formula is C9H25O2PSi2. The molecule has 2 unspecified atom stereocenters. The predicted molar refractivity (Wildman–Crippen MR) is 71.9 cm³/mol. The first-order valence-corrected chi connectivity index (χ1v) is 12.3. The fourth-order valence-corrected chi connectivity index (χ4v) is 5.90. The Labute approximate surface area is 93.2 Å². The molecular weight excluding hydrogens is 227 g/mol. The van der Waals surface area contributed by atoms with Crippen molar-refractivity contribution in [1.82, 2.24) is 0 Å². The van der Waals surface area contributed by atoms with Gasteiger partial charge in [0.25, 0.3) is 0 Å². The van der Waals surface area contributed by atoms with Crippen LogP contribution in [0.3, 0.4) is 0 Å². The molecule has 0 saturated carbocycles. The van der Waals surface area contributed by atoms with Crippen molar-refractivity contribution in [2.24, 2.45) is 0 Å². The highest BCUT2D eigenvalue weighted by Gasteiger charge is 2.31. The van der Waals surface area contributed by atoms with E-state index in [1.807, 2.05) is 0 Å². The highest BCUT2D eigenvalue weighted by atomic mass is 31.0. The molecule has 0 rings (SSSR count). The van der Waals surface area contributed by atoms with Crippen molar-refractivity contribution in [3.8, 4) is 0 Å². The molecule has 0 amide bonds. The minimum atomic E-state index is -1.83. The first kappa shape index (κ1) is 14.8.